The largest absolute Gasteiger partial charge is 0.465 e. The summed E-state index contributed by atoms with van der Waals surface area (Å²) in [6.07, 6.45) is 0. The van der Waals surface area contributed by atoms with Crippen LogP contribution in [0.5, 0.6) is 0 Å². The third-order valence-corrected chi connectivity index (χ3v) is 3.74. The first-order valence-electron chi connectivity index (χ1n) is 6.77. The van der Waals surface area contributed by atoms with E-state index in [1.54, 1.807) is 6.07 Å². The highest BCUT2D eigenvalue weighted by Gasteiger charge is 2.13. The van der Waals surface area contributed by atoms with Gasteiger partial charge >= 0.3 is 5.97 Å². The van der Waals surface area contributed by atoms with Crippen LogP contribution in [0.3, 0.4) is 0 Å². The van der Waals surface area contributed by atoms with Crippen molar-refractivity contribution in [3.05, 3.63) is 70.2 Å². The van der Waals surface area contributed by atoms with Crippen molar-refractivity contribution in [3.63, 3.8) is 0 Å². The number of carbonyl (C=O) groups is 1. The van der Waals surface area contributed by atoms with E-state index in [1.807, 2.05) is 49.4 Å². The Morgan fingerprint density at radius 2 is 1.86 bits per heavy atom. The second-order valence-electron chi connectivity index (χ2n) is 4.77. The zero-order valence-electron chi connectivity index (χ0n) is 12.1. The van der Waals surface area contributed by atoms with Gasteiger partial charge in [0.05, 0.1) is 12.7 Å². The van der Waals surface area contributed by atoms with Crippen molar-refractivity contribution in [2.75, 3.05) is 7.11 Å². The minimum atomic E-state index is -0.321. The molecule has 3 nitrogen and oxygen atoms in total. The highest BCUT2D eigenvalue weighted by molar-refractivity contribution is 6.31. The monoisotopic (exact) mass is 303 g/mol. The zero-order valence-corrected chi connectivity index (χ0v) is 12.9. The van der Waals surface area contributed by atoms with Gasteiger partial charge in [-0.05, 0) is 30.2 Å². The fourth-order valence-electron chi connectivity index (χ4n) is 2.18. The number of carbonyl (C=O) groups excluding carboxylic acids is 1. The average molecular weight is 304 g/mol. The number of ether oxygens (including phenoxy) is 1. The summed E-state index contributed by atoms with van der Waals surface area (Å²) in [6.45, 7) is 2.61. The van der Waals surface area contributed by atoms with Crippen LogP contribution < -0.4 is 5.32 Å². The molecule has 0 aromatic heterocycles. The molecule has 1 atom stereocenters. The van der Waals surface area contributed by atoms with Gasteiger partial charge in [-0.25, -0.2) is 4.79 Å². The number of nitrogens with one attached hydrogen (secondary N) is 1. The Hall–Kier alpha value is -1.84. The molecule has 0 radical (unpaired) electrons. The van der Waals surface area contributed by atoms with E-state index in [1.165, 1.54) is 7.11 Å². The van der Waals surface area contributed by atoms with E-state index in [2.05, 4.69) is 5.32 Å². The highest BCUT2D eigenvalue weighted by Crippen LogP contribution is 2.22. The van der Waals surface area contributed by atoms with Gasteiger partial charge in [-0.3, -0.25) is 0 Å². The number of benzene rings is 2. The molecule has 0 saturated carbocycles. The minimum absolute atomic E-state index is 0.0874. The van der Waals surface area contributed by atoms with Crippen molar-refractivity contribution in [2.45, 2.75) is 19.5 Å². The van der Waals surface area contributed by atoms with Gasteiger partial charge in [0.1, 0.15) is 0 Å². The summed E-state index contributed by atoms with van der Waals surface area (Å²) in [6, 6.07) is 15.2. The molecule has 110 valence electrons. The van der Waals surface area contributed by atoms with Crippen LogP contribution in [-0.4, -0.2) is 13.1 Å². The number of hydrogen-bond acceptors (Lipinski definition) is 3. The van der Waals surface area contributed by atoms with Crippen LogP contribution in [0.1, 0.15) is 34.5 Å². The highest BCUT2D eigenvalue weighted by atomic mass is 35.5. The molecule has 4 heteroatoms. The molecular formula is C17H18ClNO2. The van der Waals surface area contributed by atoms with Crippen LogP contribution in [0.15, 0.2) is 48.5 Å². The van der Waals surface area contributed by atoms with Gasteiger partial charge in [0.2, 0.25) is 0 Å². The minimum Gasteiger partial charge on any atom is -0.465 e. The van der Waals surface area contributed by atoms with Gasteiger partial charge in [0.15, 0.2) is 0 Å². The lowest BCUT2D eigenvalue weighted by molar-refractivity contribution is 0.0599. The SMILES string of the molecule is COC(=O)c1ccccc1CN[C@H](C)c1ccccc1Cl. The van der Waals surface area contributed by atoms with E-state index in [9.17, 15) is 4.79 Å². The van der Waals surface area contributed by atoms with Crippen LogP contribution in [0.25, 0.3) is 0 Å². The quantitative estimate of drug-likeness (QED) is 0.849. The molecule has 2 aromatic carbocycles. The third kappa shape index (κ3) is 3.84. The van der Waals surface area contributed by atoms with Crippen LogP contribution in [0.4, 0.5) is 0 Å². The maximum Gasteiger partial charge on any atom is 0.338 e. The Labute approximate surface area is 129 Å². The number of halogens is 1. The van der Waals surface area contributed by atoms with Gasteiger partial charge in [-0.1, -0.05) is 48.0 Å². The van der Waals surface area contributed by atoms with Gasteiger partial charge in [0.25, 0.3) is 0 Å². The lowest BCUT2D eigenvalue weighted by Gasteiger charge is -2.16. The second kappa shape index (κ2) is 7.25. The van der Waals surface area contributed by atoms with Gasteiger partial charge in [-0.2, -0.15) is 0 Å². The lowest BCUT2D eigenvalue weighted by Crippen LogP contribution is -2.20. The van der Waals surface area contributed by atoms with Crippen molar-refractivity contribution >= 4 is 17.6 Å². The van der Waals surface area contributed by atoms with Crippen LogP contribution in [0, 0.1) is 0 Å². The molecule has 0 aliphatic rings. The topological polar surface area (TPSA) is 38.3 Å². The second-order valence-corrected chi connectivity index (χ2v) is 5.18. The van der Waals surface area contributed by atoms with Crippen LogP contribution in [-0.2, 0) is 11.3 Å². The number of methoxy groups -OCH3 is 1. The summed E-state index contributed by atoms with van der Waals surface area (Å²) in [5, 5.41) is 4.12. The maximum absolute atomic E-state index is 11.7. The molecule has 2 aromatic rings. The molecule has 0 saturated heterocycles. The van der Waals surface area contributed by atoms with Crippen LogP contribution >= 0.6 is 11.6 Å². The molecule has 0 aliphatic carbocycles. The molecule has 0 heterocycles. The standard InChI is InChI=1S/C17H18ClNO2/c1-12(14-8-5-6-10-16(14)18)19-11-13-7-3-4-9-15(13)17(20)21-2/h3-10,12,19H,11H2,1-2H3/t12-/m1/s1. The van der Waals surface area contributed by atoms with E-state index in [0.29, 0.717) is 12.1 Å². The fourth-order valence-corrected chi connectivity index (χ4v) is 2.48. The normalized spacial score (nSPS) is 12.0. The van der Waals surface area contributed by atoms with Gasteiger partial charge in [-0.15, -0.1) is 0 Å². The van der Waals surface area contributed by atoms with E-state index in [4.69, 9.17) is 16.3 Å². The average Bonchev–Trinajstić information content (AvgIpc) is 2.52. The summed E-state index contributed by atoms with van der Waals surface area (Å²) in [4.78, 5) is 11.7. The molecule has 0 aliphatic heterocycles. The molecule has 0 fully saturated rings. The summed E-state index contributed by atoms with van der Waals surface area (Å²) in [5.41, 5.74) is 2.52. The molecule has 1 N–H and O–H groups in total. The molecular weight excluding hydrogens is 286 g/mol. The summed E-state index contributed by atoms with van der Waals surface area (Å²) in [5.74, 6) is -0.321. The van der Waals surface area contributed by atoms with Crippen molar-refractivity contribution in [1.82, 2.24) is 5.32 Å². The Morgan fingerprint density at radius 3 is 2.57 bits per heavy atom. The van der Waals surface area contributed by atoms with Crippen molar-refractivity contribution < 1.29 is 9.53 Å². The van der Waals surface area contributed by atoms with Crippen molar-refractivity contribution in [3.8, 4) is 0 Å². The molecule has 0 amide bonds. The summed E-state index contributed by atoms with van der Waals surface area (Å²) < 4.78 is 4.80. The Balaban J connectivity index is 2.10. The van der Waals surface area contributed by atoms with Gasteiger partial charge < -0.3 is 10.1 Å². The predicted molar refractivity (Wildman–Crippen MR) is 84.5 cm³/mol. The number of esters is 1. The smallest absolute Gasteiger partial charge is 0.338 e. The maximum atomic E-state index is 11.7. The lowest BCUT2D eigenvalue weighted by atomic mass is 10.1. The van der Waals surface area contributed by atoms with Crippen molar-refractivity contribution in [2.24, 2.45) is 0 Å². The molecule has 2 rings (SSSR count). The molecule has 0 bridgehead atoms. The number of rotatable bonds is 5. The first-order valence-corrected chi connectivity index (χ1v) is 7.15. The first-order chi connectivity index (χ1) is 10.1. The third-order valence-electron chi connectivity index (χ3n) is 3.39. The van der Waals surface area contributed by atoms with E-state index < -0.39 is 0 Å². The van der Waals surface area contributed by atoms with E-state index in [-0.39, 0.29) is 12.0 Å². The fraction of sp³-hybridized carbons (Fsp3) is 0.235. The molecule has 0 spiro atoms. The van der Waals surface area contributed by atoms with E-state index in [0.717, 1.165) is 16.1 Å². The predicted octanol–water partition coefficient (Wildman–Crippen LogP) is 3.98. The Kier molecular flexibility index (Phi) is 5.37. The Bertz CT molecular complexity index is 628. The zero-order chi connectivity index (χ0) is 15.2. The van der Waals surface area contributed by atoms with Crippen LogP contribution in [0.2, 0.25) is 5.02 Å². The molecule has 21 heavy (non-hydrogen) atoms. The number of hydrogen-bond donors (Lipinski definition) is 1. The summed E-state index contributed by atoms with van der Waals surface area (Å²) >= 11 is 6.19. The Morgan fingerprint density at radius 1 is 1.19 bits per heavy atom. The summed E-state index contributed by atoms with van der Waals surface area (Å²) in [7, 11) is 1.39. The first kappa shape index (κ1) is 15.5. The van der Waals surface area contributed by atoms with Gasteiger partial charge in [0, 0.05) is 17.6 Å². The molecule has 0 unspecified atom stereocenters. The van der Waals surface area contributed by atoms with Crippen molar-refractivity contribution in [1.29, 1.82) is 0 Å². The van der Waals surface area contributed by atoms with E-state index >= 15 is 0 Å².